The van der Waals surface area contributed by atoms with Crippen molar-refractivity contribution in [1.82, 2.24) is 0 Å². The zero-order valence-corrected chi connectivity index (χ0v) is 36.8. The first-order valence-electron chi connectivity index (χ1n) is 22.7. The molecule has 0 aliphatic rings. The molecule has 0 radical (unpaired) electrons. The van der Waals surface area contributed by atoms with E-state index in [1.54, 1.807) is 0 Å². The summed E-state index contributed by atoms with van der Waals surface area (Å²) in [5.74, 6) is 0. The summed E-state index contributed by atoms with van der Waals surface area (Å²) < 4.78 is 2.65. The number of anilines is 3. The van der Waals surface area contributed by atoms with Crippen molar-refractivity contribution >= 4 is 91.7 Å². The Balaban J connectivity index is 0.905. The van der Waals surface area contributed by atoms with Crippen molar-refractivity contribution in [2.45, 2.75) is 0 Å². The lowest BCUT2D eigenvalue weighted by Crippen LogP contribution is -2.10. The Hall–Kier alpha value is -8.30. The minimum atomic E-state index is 1.10. The number of hydrogen-bond acceptors (Lipinski definition) is 2. The molecule has 1 heterocycles. The van der Waals surface area contributed by atoms with Crippen LogP contribution in [0.3, 0.4) is 0 Å². The normalized spacial score (nSPS) is 11.6. The van der Waals surface area contributed by atoms with E-state index < -0.39 is 0 Å². The molecule has 0 aliphatic carbocycles. The highest BCUT2D eigenvalue weighted by atomic mass is 32.1. The predicted octanol–water partition coefficient (Wildman–Crippen LogP) is 18.8. The van der Waals surface area contributed by atoms with Gasteiger partial charge in [0.05, 0.1) is 5.69 Å². The Labute approximate surface area is 387 Å². The van der Waals surface area contributed by atoms with Gasteiger partial charge >= 0.3 is 0 Å². The van der Waals surface area contributed by atoms with Crippen LogP contribution in [0.1, 0.15) is 0 Å². The van der Waals surface area contributed by atoms with Gasteiger partial charge in [0.1, 0.15) is 0 Å². The summed E-state index contributed by atoms with van der Waals surface area (Å²) in [4.78, 5) is 2.43. The van der Waals surface area contributed by atoms with E-state index in [0.717, 1.165) is 17.1 Å². The molecule has 13 aromatic rings. The molecule has 0 saturated carbocycles. The van der Waals surface area contributed by atoms with Gasteiger partial charge in [0.25, 0.3) is 0 Å². The second-order valence-corrected chi connectivity index (χ2v) is 18.2. The molecule has 1 nitrogen and oxygen atoms in total. The smallest absolute Gasteiger partial charge is 0.0546 e. The molecule has 0 amide bonds. The highest BCUT2D eigenvalue weighted by Crippen LogP contribution is 2.47. The highest BCUT2D eigenvalue weighted by molar-refractivity contribution is 7.26. The van der Waals surface area contributed by atoms with Crippen LogP contribution < -0.4 is 4.90 Å². The lowest BCUT2D eigenvalue weighted by atomic mass is 9.95. The number of benzene rings is 12. The van der Waals surface area contributed by atoms with Gasteiger partial charge in [-0.25, -0.2) is 0 Å². The average Bonchev–Trinajstić information content (AvgIpc) is 3.78. The Morgan fingerprint density at radius 2 is 0.697 bits per heavy atom. The standard InChI is InChI=1S/C64H41NS/c1-4-21-51-43(14-1)17-10-26-52(51)45-34-38-50(39-35-45)65(62-41-48-16-3-6-23-54(48)56-24-7-8-25-58(56)62)49-36-32-42(33-37-49)46-19-9-20-47(40-46)55-27-12-30-60-61-31-13-29-59(64(61)66-63(55)60)57-28-11-18-44-15-2-5-22-53(44)57/h1-41H. The summed E-state index contributed by atoms with van der Waals surface area (Å²) in [5, 5.41) is 12.6. The van der Waals surface area contributed by atoms with Gasteiger partial charge in [0, 0.05) is 42.5 Å². The molecular formula is C64H41NS. The van der Waals surface area contributed by atoms with Gasteiger partial charge in [-0.1, -0.05) is 212 Å². The van der Waals surface area contributed by atoms with E-state index >= 15 is 0 Å². The first-order valence-corrected chi connectivity index (χ1v) is 23.5. The molecule has 0 aliphatic heterocycles. The summed E-state index contributed by atoms with van der Waals surface area (Å²) in [7, 11) is 0. The summed E-state index contributed by atoms with van der Waals surface area (Å²) in [5.41, 5.74) is 13.2. The van der Waals surface area contributed by atoms with Crippen LogP contribution in [0.2, 0.25) is 0 Å². The first kappa shape index (κ1) is 38.2. The fourth-order valence-electron chi connectivity index (χ4n) is 10.3. The SMILES string of the molecule is c1cc(-c2ccc(N(c3ccc(-c4cccc5ccccc45)cc3)c3cc4ccccc4c4ccccc34)cc2)cc(-c2cccc3c2sc2c(-c4cccc5ccccc45)cccc23)c1. The minimum Gasteiger partial charge on any atom is -0.310 e. The highest BCUT2D eigenvalue weighted by Gasteiger charge is 2.19. The van der Waals surface area contributed by atoms with Crippen molar-refractivity contribution in [2.24, 2.45) is 0 Å². The molecule has 2 heteroatoms. The molecule has 0 N–H and O–H groups in total. The number of fused-ring (bicyclic) bond motifs is 8. The first-order chi connectivity index (χ1) is 32.7. The third-order valence-corrected chi connectivity index (χ3v) is 14.7. The number of thiophene rings is 1. The molecule has 66 heavy (non-hydrogen) atoms. The third kappa shape index (κ3) is 6.37. The summed E-state index contributed by atoms with van der Waals surface area (Å²) >= 11 is 1.91. The van der Waals surface area contributed by atoms with E-state index in [0.29, 0.717) is 0 Å². The molecular weight excluding hydrogens is 815 g/mol. The number of nitrogens with zero attached hydrogens (tertiary/aromatic N) is 1. The van der Waals surface area contributed by atoms with Crippen LogP contribution in [-0.2, 0) is 0 Å². The fraction of sp³-hybridized carbons (Fsp3) is 0. The monoisotopic (exact) mass is 855 g/mol. The van der Waals surface area contributed by atoms with Crippen LogP contribution in [0.4, 0.5) is 17.1 Å². The van der Waals surface area contributed by atoms with E-state index in [9.17, 15) is 0 Å². The molecule has 308 valence electrons. The predicted molar refractivity (Wildman–Crippen MR) is 286 cm³/mol. The fourth-order valence-corrected chi connectivity index (χ4v) is 11.7. The molecule has 0 fully saturated rings. The van der Waals surface area contributed by atoms with Crippen molar-refractivity contribution in [3.63, 3.8) is 0 Å². The zero-order chi connectivity index (χ0) is 43.6. The maximum Gasteiger partial charge on any atom is 0.0546 e. The average molecular weight is 856 g/mol. The molecule has 0 atom stereocenters. The van der Waals surface area contributed by atoms with Crippen molar-refractivity contribution in [3.05, 3.63) is 249 Å². The van der Waals surface area contributed by atoms with Crippen molar-refractivity contribution in [1.29, 1.82) is 0 Å². The van der Waals surface area contributed by atoms with Crippen molar-refractivity contribution in [2.75, 3.05) is 4.90 Å². The van der Waals surface area contributed by atoms with Gasteiger partial charge in [0.2, 0.25) is 0 Å². The lowest BCUT2D eigenvalue weighted by molar-refractivity contribution is 1.30. The number of hydrogen-bond donors (Lipinski definition) is 0. The molecule has 1 aromatic heterocycles. The van der Waals surface area contributed by atoms with Gasteiger partial charge in [-0.15, -0.1) is 11.3 Å². The molecule has 0 unspecified atom stereocenters. The van der Waals surface area contributed by atoms with Crippen LogP contribution in [0.5, 0.6) is 0 Å². The maximum absolute atomic E-state index is 2.43. The Morgan fingerprint density at radius 3 is 1.39 bits per heavy atom. The summed E-state index contributed by atoms with van der Waals surface area (Å²) in [6, 6.07) is 91.4. The Morgan fingerprint density at radius 1 is 0.242 bits per heavy atom. The maximum atomic E-state index is 2.43. The summed E-state index contributed by atoms with van der Waals surface area (Å²) in [6.45, 7) is 0. The number of rotatable bonds is 7. The second-order valence-electron chi connectivity index (χ2n) is 17.2. The van der Waals surface area contributed by atoms with Crippen LogP contribution >= 0.6 is 11.3 Å². The molecule has 0 spiro atoms. The van der Waals surface area contributed by atoms with Gasteiger partial charge in [-0.05, 0) is 113 Å². The third-order valence-electron chi connectivity index (χ3n) is 13.4. The topological polar surface area (TPSA) is 3.24 Å². The largest absolute Gasteiger partial charge is 0.310 e. The van der Waals surface area contributed by atoms with E-state index in [2.05, 4.69) is 254 Å². The van der Waals surface area contributed by atoms with Crippen molar-refractivity contribution < 1.29 is 0 Å². The Bertz CT molecular complexity index is 3980. The van der Waals surface area contributed by atoms with Crippen LogP contribution in [-0.4, -0.2) is 0 Å². The van der Waals surface area contributed by atoms with Crippen LogP contribution in [0.15, 0.2) is 249 Å². The van der Waals surface area contributed by atoms with Gasteiger partial charge < -0.3 is 4.90 Å². The van der Waals surface area contributed by atoms with E-state index in [-0.39, 0.29) is 0 Å². The van der Waals surface area contributed by atoms with Crippen molar-refractivity contribution in [3.8, 4) is 44.5 Å². The minimum absolute atomic E-state index is 1.10. The second kappa shape index (κ2) is 15.7. The van der Waals surface area contributed by atoms with Crippen LogP contribution in [0, 0.1) is 0 Å². The molecule has 12 aromatic carbocycles. The van der Waals surface area contributed by atoms with E-state index in [1.807, 2.05) is 11.3 Å². The van der Waals surface area contributed by atoms with Crippen LogP contribution in [0.25, 0.3) is 108 Å². The van der Waals surface area contributed by atoms with Gasteiger partial charge in [-0.2, -0.15) is 0 Å². The molecule has 0 bridgehead atoms. The van der Waals surface area contributed by atoms with E-state index in [1.165, 1.54) is 108 Å². The van der Waals surface area contributed by atoms with Gasteiger partial charge in [0.15, 0.2) is 0 Å². The molecule has 13 rings (SSSR count). The van der Waals surface area contributed by atoms with Gasteiger partial charge in [-0.3, -0.25) is 0 Å². The summed E-state index contributed by atoms with van der Waals surface area (Å²) in [6.07, 6.45) is 0. The lowest BCUT2D eigenvalue weighted by Gasteiger charge is -2.28. The Kier molecular flexibility index (Phi) is 9.11. The molecule has 0 saturated heterocycles. The zero-order valence-electron chi connectivity index (χ0n) is 36.0. The van der Waals surface area contributed by atoms with E-state index in [4.69, 9.17) is 0 Å². The quantitative estimate of drug-likeness (QED) is 0.144.